The van der Waals surface area contributed by atoms with Crippen molar-refractivity contribution in [1.29, 1.82) is 0 Å². The number of nitrogens with one attached hydrogen (secondary N) is 2. The van der Waals surface area contributed by atoms with Gasteiger partial charge in [0.05, 0.1) is 5.75 Å². The minimum atomic E-state index is -3.20. The molecule has 1 rings (SSSR count). The molecule has 0 spiro atoms. The Kier molecular flexibility index (Phi) is 6.85. The zero-order valence-corrected chi connectivity index (χ0v) is 13.5. The van der Waals surface area contributed by atoms with Crippen LogP contribution in [-0.4, -0.2) is 20.2 Å². The molecule has 5 heteroatoms. The van der Waals surface area contributed by atoms with Gasteiger partial charge < -0.3 is 5.32 Å². The first-order valence-electron chi connectivity index (χ1n) is 7.37. The van der Waals surface area contributed by atoms with Crippen LogP contribution in [-0.2, 0) is 10.0 Å². The SMILES string of the molecule is CCCC(CCC)Nc1ccc(NS(=O)(=O)CC)cc1. The maximum atomic E-state index is 11.5. The summed E-state index contributed by atoms with van der Waals surface area (Å²) in [4.78, 5) is 0. The summed E-state index contributed by atoms with van der Waals surface area (Å²) in [5.74, 6) is 0.0854. The van der Waals surface area contributed by atoms with E-state index in [1.165, 1.54) is 0 Å². The van der Waals surface area contributed by atoms with Gasteiger partial charge in [-0.2, -0.15) is 0 Å². The second-order valence-corrected chi connectivity index (χ2v) is 7.01. The molecule has 0 aromatic heterocycles. The van der Waals surface area contributed by atoms with Crippen molar-refractivity contribution >= 4 is 21.4 Å². The van der Waals surface area contributed by atoms with E-state index in [4.69, 9.17) is 0 Å². The first kappa shape index (κ1) is 16.8. The smallest absolute Gasteiger partial charge is 0.232 e. The summed E-state index contributed by atoms with van der Waals surface area (Å²) in [6, 6.07) is 7.93. The van der Waals surface area contributed by atoms with Crippen LogP contribution in [0.5, 0.6) is 0 Å². The zero-order chi connectivity index (χ0) is 15.0. The Labute approximate surface area is 123 Å². The Hall–Kier alpha value is -1.23. The van der Waals surface area contributed by atoms with Crippen LogP contribution in [0.1, 0.15) is 46.5 Å². The first-order chi connectivity index (χ1) is 9.50. The Morgan fingerprint density at radius 2 is 1.45 bits per heavy atom. The van der Waals surface area contributed by atoms with Crippen molar-refractivity contribution < 1.29 is 8.42 Å². The Morgan fingerprint density at radius 3 is 1.90 bits per heavy atom. The molecule has 4 nitrogen and oxygen atoms in total. The van der Waals surface area contributed by atoms with Crippen molar-refractivity contribution in [1.82, 2.24) is 0 Å². The third-order valence-electron chi connectivity index (χ3n) is 3.18. The molecule has 0 saturated carbocycles. The molecule has 0 amide bonds. The van der Waals surface area contributed by atoms with Gasteiger partial charge >= 0.3 is 0 Å². The average molecular weight is 298 g/mol. The van der Waals surface area contributed by atoms with Crippen LogP contribution in [0, 0.1) is 0 Å². The number of hydrogen-bond acceptors (Lipinski definition) is 3. The lowest BCUT2D eigenvalue weighted by Gasteiger charge is -2.19. The molecule has 0 unspecified atom stereocenters. The molecule has 20 heavy (non-hydrogen) atoms. The van der Waals surface area contributed by atoms with E-state index in [0.717, 1.165) is 31.4 Å². The summed E-state index contributed by atoms with van der Waals surface area (Å²) in [5.41, 5.74) is 1.65. The van der Waals surface area contributed by atoms with Gasteiger partial charge in [0, 0.05) is 17.4 Å². The summed E-state index contributed by atoms with van der Waals surface area (Å²) >= 11 is 0. The highest BCUT2D eigenvalue weighted by molar-refractivity contribution is 7.92. The molecule has 1 aromatic rings. The van der Waals surface area contributed by atoms with E-state index in [1.54, 1.807) is 19.1 Å². The van der Waals surface area contributed by atoms with Crippen molar-refractivity contribution in [3.05, 3.63) is 24.3 Å². The van der Waals surface area contributed by atoms with Crippen LogP contribution >= 0.6 is 0 Å². The molecular weight excluding hydrogens is 272 g/mol. The summed E-state index contributed by atoms with van der Waals surface area (Å²) in [6.45, 7) is 6.00. The van der Waals surface area contributed by atoms with Crippen molar-refractivity contribution in [3.63, 3.8) is 0 Å². The van der Waals surface area contributed by atoms with Gasteiger partial charge in [-0.3, -0.25) is 4.72 Å². The molecule has 114 valence electrons. The number of hydrogen-bond donors (Lipinski definition) is 2. The lowest BCUT2D eigenvalue weighted by atomic mass is 10.1. The number of sulfonamides is 1. The molecule has 0 saturated heterocycles. The van der Waals surface area contributed by atoms with E-state index in [9.17, 15) is 8.42 Å². The molecule has 0 atom stereocenters. The van der Waals surface area contributed by atoms with Crippen LogP contribution in [0.25, 0.3) is 0 Å². The maximum absolute atomic E-state index is 11.5. The van der Waals surface area contributed by atoms with Gasteiger partial charge in [-0.25, -0.2) is 8.42 Å². The molecule has 0 aliphatic rings. The summed E-state index contributed by atoms with van der Waals surface area (Å²) in [5, 5.41) is 3.51. The summed E-state index contributed by atoms with van der Waals surface area (Å²) in [6.07, 6.45) is 4.62. The fourth-order valence-corrected chi connectivity index (χ4v) is 2.75. The van der Waals surface area contributed by atoms with E-state index in [-0.39, 0.29) is 5.75 Å². The lowest BCUT2D eigenvalue weighted by Crippen LogP contribution is -2.19. The quantitative estimate of drug-likeness (QED) is 0.728. The zero-order valence-electron chi connectivity index (χ0n) is 12.6. The van der Waals surface area contributed by atoms with E-state index >= 15 is 0 Å². The van der Waals surface area contributed by atoms with Crippen molar-refractivity contribution in [2.75, 3.05) is 15.8 Å². The van der Waals surface area contributed by atoms with Crippen LogP contribution in [0.2, 0.25) is 0 Å². The second kappa shape index (κ2) is 8.15. The molecule has 0 radical (unpaired) electrons. The molecule has 0 aliphatic carbocycles. The lowest BCUT2D eigenvalue weighted by molar-refractivity contribution is 0.586. The van der Waals surface area contributed by atoms with Crippen LogP contribution in [0.15, 0.2) is 24.3 Å². The minimum Gasteiger partial charge on any atom is -0.382 e. The predicted molar refractivity (Wildman–Crippen MR) is 86.8 cm³/mol. The highest BCUT2D eigenvalue weighted by Gasteiger charge is 2.08. The van der Waals surface area contributed by atoms with Gasteiger partial charge in [0.15, 0.2) is 0 Å². The van der Waals surface area contributed by atoms with Crippen molar-refractivity contribution in [3.8, 4) is 0 Å². The predicted octanol–water partition coefficient (Wildman–Crippen LogP) is 3.83. The van der Waals surface area contributed by atoms with Gasteiger partial charge in [-0.05, 0) is 44.0 Å². The normalized spacial score (nSPS) is 11.6. The summed E-state index contributed by atoms with van der Waals surface area (Å²) < 4.78 is 25.5. The number of benzene rings is 1. The number of rotatable bonds is 9. The van der Waals surface area contributed by atoms with Gasteiger partial charge in [0.2, 0.25) is 10.0 Å². The Bertz CT molecular complexity index is 477. The van der Waals surface area contributed by atoms with Crippen LogP contribution in [0.3, 0.4) is 0 Å². The largest absolute Gasteiger partial charge is 0.382 e. The van der Waals surface area contributed by atoms with Gasteiger partial charge in [0.25, 0.3) is 0 Å². The maximum Gasteiger partial charge on any atom is 0.232 e. The fraction of sp³-hybridized carbons (Fsp3) is 0.600. The third-order valence-corrected chi connectivity index (χ3v) is 4.49. The monoisotopic (exact) mass is 298 g/mol. The third kappa shape index (κ3) is 5.82. The van der Waals surface area contributed by atoms with E-state index in [1.807, 2.05) is 12.1 Å². The van der Waals surface area contributed by atoms with Gasteiger partial charge in [0.1, 0.15) is 0 Å². The van der Waals surface area contributed by atoms with Gasteiger partial charge in [-0.15, -0.1) is 0 Å². The molecular formula is C15H26N2O2S. The van der Waals surface area contributed by atoms with Crippen molar-refractivity contribution in [2.45, 2.75) is 52.5 Å². The molecule has 1 aromatic carbocycles. The Morgan fingerprint density at radius 1 is 0.950 bits per heavy atom. The highest BCUT2D eigenvalue weighted by atomic mass is 32.2. The molecule has 0 aliphatic heterocycles. The molecule has 0 heterocycles. The van der Waals surface area contributed by atoms with Gasteiger partial charge in [-0.1, -0.05) is 26.7 Å². The standard InChI is InChI=1S/C15H26N2O2S/c1-4-7-13(8-5-2)16-14-9-11-15(12-10-14)17-20(18,19)6-3/h9-13,16-17H,4-8H2,1-3H3. The molecule has 0 bridgehead atoms. The van der Waals surface area contributed by atoms with E-state index < -0.39 is 10.0 Å². The fourth-order valence-electron chi connectivity index (χ4n) is 2.11. The van der Waals surface area contributed by atoms with Crippen LogP contribution < -0.4 is 10.0 Å². The van der Waals surface area contributed by atoms with E-state index in [2.05, 4.69) is 23.9 Å². The summed E-state index contributed by atoms with van der Waals surface area (Å²) in [7, 11) is -3.20. The Balaban J connectivity index is 2.66. The second-order valence-electron chi connectivity index (χ2n) is 5.00. The molecule has 2 N–H and O–H groups in total. The van der Waals surface area contributed by atoms with Crippen molar-refractivity contribution in [2.24, 2.45) is 0 Å². The topological polar surface area (TPSA) is 58.2 Å². The molecule has 0 fully saturated rings. The average Bonchev–Trinajstić information content (AvgIpc) is 2.41. The minimum absolute atomic E-state index is 0.0854. The van der Waals surface area contributed by atoms with Crippen LogP contribution in [0.4, 0.5) is 11.4 Å². The highest BCUT2D eigenvalue weighted by Crippen LogP contribution is 2.18. The first-order valence-corrected chi connectivity index (χ1v) is 9.03. The number of anilines is 2. The van der Waals surface area contributed by atoms with E-state index in [0.29, 0.717) is 11.7 Å².